The molecule has 0 fully saturated rings. The Bertz CT molecular complexity index is 977. The third kappa shape index (κ3) is 2.94. The van der Waals surface area contributed by atoms with Crippen molar-refractivity contribution in [2.24, 2.45) is 0 Å². The van der Waals surface area contributed by atoms with E-state index in [1.807, 2.05) is 19.1 Å². The van der Waals surface area contributed by atoms with Crippen LogP contribution < -0.4 is 10.4 Å². The highest BCUT2D eigenvalue weighted by molar-refractivity contribution is 6.33. The van der Waals surface area contributed by atoms with Gasteiger partial charge in [0.25, 0.3) is 0 Å². The molecular weight excluding hydrogens is 342 g/mol. The van der Waals surface area contributed by atoms with Gasteiger partial charge in [0.05, 0.1) is 16.8 Å². The molecule has 0 amide bonds. The average molecular weight is 360 g/mol. The molecule has 3 heterocycles. The van der Waals surface area contributed by atoms with E-state index >= 15 is 0 Å². The predicted molar refractivity (Wildman–Crippen MR) is 95.1 cm³/mol. The molecule has 1 aliphatic heterocycles. The maximum Gasteiger partial charge on any atom is 0.336 e. The van der Waals surface area contributed by atoms with Crippen molar-refractivity contribution in [3.05, 3.63) is 62.9 Å². The molecule has 130 valence electrons. The number of hydrogen-bond acceptors (Lipinski definition) is 5. The fourth-order valence-corrected chi connectivity index (χ4v) is 3.57. The van der Waals surface area contributed by atoms with Crippen molar-refractivity contribution in [2.75, 3.05) is 6.73 Å². The molecule has 1 aromatic carbocycles. The number of halogens is 1. The van der Waals surface area contributed by atoms with Crippen LogP contribution in [-0.4, -0.2) is 17.7 Å². The van der Waals surface area contributed by atoms with E-state index in [0.29, 0.717) is 29.6 Å². The number of aryl methyl sites for hydroxylation is 1. The van der Waals surface area contributed by atoms with Gasteiger partial charge in [-0.2, -0.15) is 0 Å². The van der Waals surface area contributed by atoms with E-state index in [9.17, 15) is 4.79 Å². The molecule has 0 bridgehead atoms. The number of ether oxygens (including phenoxy) is 1. The van der Waals surface area contributed by atoms with Gasteiger partial charge >= 0.3 is 5.63 Å². The first kappa shape index (κ1) is 16.2. The first-order chi connectivity index (χ1) is 12.0. The molecule has 0 saturated carbocycles. The summed E-state index contributed by atoms with van der Waals surface area (Å²) < 4.78 is 16.8. The number of benzene rings is 1. The van der Waals surface area contributed by atoms with Crippen molar-refractivity contribution < 1.29 is 13.6 Å². The molecule has 25 heavy (non-hydrogen) atoms. The van der Waals surface area contributed by atoms with Crippen LogP contribution in [0.1, 0.15) is 23.8 Å². The van der Waals surface area contributed by atoms with Gasteiger partial charge in [-0.05, 0) is 37.6 Å². The Morgan fingerprint density at radius 2 is 2.20 bits per heavy atom. The summed E-state index contributed by atoms with van der Waals surface area (Å²) in [5, 5.41) is 1.38. The molecule has 1 aliphatic rings. The number of furan rings is 1. The van der Waals surface area contributed by atoms with Crippen molar-refractivity contribution in [2.45, 2.75) is 32.9 Å². The Morgan fingerprint density at radius 1 is 1.36 bits per heavy atom. The summed E-state index contributed by atoms with van der Waals surface area (Å²) in [5.41, 5.74) is 1.85. The van der Waals surface area contributed by atoms with Crippen LogP contribution in [0.4, 0.5) is 0 Å². The Kier molecular flexibility index (Phi) is 4.06. The minimum absolute atomic E-state index is 0.199. The van der Waals surface area contributed by atoms with Gasteiger partial charge < -0.3 is 13.6 Å². The maximum absolute atomic E-state index is 11.8. The molecular formula is C19H18ClNO4. The number of hydrogen-bond donors (Lipinski definition) is 0. The summed E-state index contributed by atoms with van der Waals surface area (Å²) in [4.78, 5) is 14.0. The second kappa shape index (κ2) is 6.24. The van der Waals surface area contributed by atoms with E-state index < -0.39 is 0 Å². The molecule has 3 aromatic rings. The molecule has 1 atom stereocenters. The zero-order valence-corrected chi connectivity index (χ0v) is 14.8. The first-order valence-corrected chi connectivity index (χ1v) is 8.56. The lowest BCUT2D eigenvalue weighted by molar-refractivity contribution is 0.0607. The van der Waals surface area contributed by atoms with E-state index in [1.165, 1.54) is 6.07 Å². The SMILES string of the molecule is Cc1cc(=O)oc2c3c(c(Cl)cc12)OCN([C@H](C)Cc1ccco1)C3. The second-order valence-electron chi connectivity index (χ2n) is 6.44. The summed E-state index contributed by atoms with van der Waals surface area (Å²) in [6.45, 7) is 5.02. The van der Waals surface area contributed by atoms with Gasteiger partial charge in [-0.3, -0.25) is 4.90 Å². The van der Waals surface area contributed by atoms with Crippen molar-refractivity contribution in [3.63, 3.8) is 0 Å². The third-order valence-electron chi connectivity index (χ3n) is 4.68. The van der Waals surface area contributed by atoms with Crippen molar-refractivity contribution in [3.8, 4) is 5.75 Å². The van der Waals surface area contributed by atoms with Crippen LogP contribution in [0.15, 0.2) is 44.2 Å². The van der Waals surface area contributed by atoms with Crippen LogP contribution >= 0.6 is 11.6 Å². The van der Waals surface area contributed by atoms with Gasteiger partial charge in [0.1, 0.15) is 23.8 Å². The van der Waals surface area contributed by atoms with Crippen LogP contribution in [-0.2, 0) is 13.0 Å². The highest BCUT2D eigenvalue weighted by atomic mass is 35.5. The minimum Gasteiger partial charge on any atom is -0.476 e. The number of rotatable bonds is 3. The molecule has 4 rings (SSSR count). The van der Waals surface area contributed by atoms with Crippen LogP contribution in [0.2, 0.25) is 5.02 Å². The van der Waals surface area contributed by atoms with Crippen LogP contribution in [0.5, 0.6) is 5.75 Å². The Balaban J connectivity index is 1.73. The van der Waals surface area contributed by atoms with Crippen LogP contribution in [0, 0.1) is 6.92 Å². The highest BCUT2D eigenvalue weighted by Gasteiger charge is 2.27. The van der Waals surface area contributed by atoms with Crippen molar-refractivity contribution in [1.29, 1.82) is 0 Å². The lowest BCUT2D eigenvalue weighted by Gasteiger charge is -2.33. The summed E-state index contributed by atoms with van der Waals surface area (Å²) in [6, 6.07) is 7.32. The lowest BCUT2D eigenvalue weighted by Crippen LogP contribution is -2.40. The van der Waals surface area contributed by atoms with Gasteiger partial charge in [-0.25, -0.2) is 4.79 Å². The third-order valence-corrected chi connectivity index (χ3v) is 4.96. The minimum atomic E-state index is -0.365. The second-order valence-corrected chi connectivity index (χ2v) is 6.85. The van der Waals surface area contributed by atoms with E-state index in [0.717, 1.165) is 28.7 Å². The fourth-order valence-electron chi connectivity index (χ4n) is 3.29. The summed E-state index contributed by atoms with van der Waals surface area (Å²) in [7, 11) is 0. The smallest absolute Gasteiger partial charge is 0.336 e. The van der Waals surface area contributed by atoms with Gasteiger partial charge in [0.15, 0.2) is 0 Å². The molecule has 0 aliphatic carbocycles. The van der Waals surface area contributed by atoms with Gasteiger partial charge in [0, 0.05) is 30.5 Å². The number of nitrogens with zero attached hydrogens (tertiary/aromatic N) is 1. The molecule has 6 heteroatoms. The maximum atomic E-state index is 11.8. The molecule has 5 nitrogen and oxygen atoms in total. The topological polar surface area (TPSA) is 55.8 Å². The zero-order valence-electron chi connectivity index (χ0n) is 14.0. The van der Waals surface area contributed by atoms with E-state index in [-0.39, 0.29) is 11.7 Å². The molecule has 0 saturated heterocycles. The normalized spacial score (nSPS) is 15.8. The van der Waals surface area contributed by atoms with Gasteiger partial charge in [0.2, 0.25) is 0 Å². The average Bonchev–Trinajstić information content (AvgIpc) is 3.09. The summed E-state index contributed by atoms with van der Waals surface area (Å²) >= 11 is 6.40. The molecule has 0 radical (unpaired) electrons. The molecule has 0 N–H and O–H groups in total. The summed E-state index contributed by atoms with van der Waals surface area (Å²) in [5.74, 6) is 1.53. The molecule has 0 spiro atoms. The standard InChI is InChI=1S/C19H18ClNO4/c1-11-6-17(22)25-18-14(11)8-16(20)19-15(18)9-21(10-24-19)12(2)7-13-4-3-5-23-13/h3-6,8,12H,7,9-10H2,1-2H3/t12-/m1/s1. The van der Waals surface area contributed by atoms with E-state index in [2.05, 4.69) is 11.8 Å². The quantitative estimate of drug-likeness (QED) is 0.658. The lowest BCUT2D eigenvalue weighted by atomic mass is 10.0. The Labute approximate surface area is 149 Å². The predicted octanol–water partition coefficient (Wildman–Crippen LogP) is 4.13. The zero-order chi connectivity index (χ0) is 17.6. The van der Waals surface area contributed by atoms with E-state index in [1.54, 1.807) is 12.3 Å². The monoisotopic (exact) mass is 359 g/mol. The fraction of sp³-hybridized carbons (Fsp3) is 0.316. The first-order valence-electron chi connectivity index (χ1n) is 8.18. The highest BCUT2D eigenvalue weighted by Crippen LogP contribution is 2.39. The summed E-state index contributed by atoms with van der Waals surface area (Å²) in [6.07, 6.45) is 2.45. The Hall–Kier alpha value is -2.24. The van der Waals surface area contributed by atoms with Gasteiger partial charge in [-0.1, -0.05) is 11.6 Å². The largest absolute Gasteiger partial charge is 0.476 e. The van der Waals surface area contributed by atoms with E-state index in [4.69, 9.17) is 25.2 Å². The van der Waals surface area contributed by atoms with Crippen molar-refractivity contribution >= 4 is 22.6 Å². The molecule has 0 unspecified atom stereocenters. The van der Waals surface area contributed by atoms with Crippen LogP contribution in [0.3, 0.4) is 0 Å². The number of fused-ring (bicyclic) bond motifs is 3. The Morgan fingerprint density at radius 3 is 2.96 bits per heavy atom. The van der Waals surface area contributed by atoms with Gasteiger partial charge in [-0.15, -0.1) is 0 Å². The van der Waals surface area contributed by atoms with Crippen LogP contribution in [0.25, 0.3) is 11.0 Å². The van der Waals surface area contributed by atoms with Crippen molar-refractivity contribution in [1.82, 2.24) is 4.90 Å². The molecule has 2 aromatic heterocycles.